The molecule has 6 heteroatoms. The Balaban J connectivity index is 2.18. The summed E-state index contributed by atoms with van der Waals surface area (Å²) in [5.41, 5.74) is 10.0. The minimum atomic E-state index is -0.407. The SMILES string of the molecule is COC(=O)c1ccccc1-c1c2ccc(=NCl)cc-2oc2cc(N)ccc12. The molecule has 0 atom stereocenters. The molecule has 5 nitrogen and oxygen atoms in total. The summed E-state index contributed by atoms with van der Waals surface area (Å²) in [5, 5.41) is 1.41. The molecule has 0 aromatic heterocycles. The van der Waals surface area contributed by atoms with Gasteiger partial charge in [-0.3, -0.25) is 0 Å². The molecule has 4 rings (SSSR count). The molecular weight excluding hydrogens is 364 g/mol. The van der Waals surface area contributed by atoms with Crippen LogP contribution >= 0.6 is 11.8 Å². The number of carbonyl (C=O) groups excluding carboxylic acids is 1. The average molecular weight is 379 g/mol. The van der Waals surface area contributed by atoms with Crippen molar-refractivity contribution in [1.29, 1.82) is 0 Å². The van der Waals surface area contributed by atoms with E-state index < -0.39 is 5.97 Å². The van der Waals surface area contributed by atoms with Gasteiger partial charge in [0.2, 0.25) is 0 Å². The molecule has 2 aromatic rings. The third-order valence-electron chi connectivity index (χ3n) is 4.43. The van der Waals surface area contributed by atoms with Crippen LogP contribution in [0.4, 0.5) is 5.69 Å². The number of nitrogens with zero attached hydrogens (tertiary/aromatic N) is 1. The Hall–Kier alpha value is -3.31. The van der Waals surface area contributed by atoms with Crippen LogP contribution in [0.15, 0.2) is 69.6 Å². The highest BCUT2D eigenvalue weighted by Crippen LogP contribution is 2.41. The number of methoxy groups -OCH3 is 1. The number of fused-ring (bicyclic) bond motifs is 2. The molecule has 2 aliphatic rings. The Kier molecular flexibility index (Phi) is 4.30. The van der Waals surface area contributed by atoms with Gasteiger partial charge in [-0.1, -0.05) is 18.2 Å². The number of hydrogen-bond donors (Lipinski definition) is 1. The minimum absolute atomic E-state index is 0.407. The molecule has 2 N–H and O–H groups in total. The van der Waals surface area contributed by atoms with Crippen molar-refractivity contribution in [2.45, 2.75) is 0 Å². The Labute approximate surface area is 160 Å². The van der Waals surface area contributed by atoms with Crippen molar-refractivity contribution in [3.8, 4) is 22.5 Å². The summed E-state index contributed by atoms with van der Waals surface area (Å²) in [6.45, 7) is 0. The highest BCUT2D eigenvalue weighted by Gasteiger charge is 2.21. The summed E-state index contributed by atoms with van der Waals surface area (Å²) in [4.78, 5) is 12.3. The monoisotopic (exact) mass is 378 g/mol. The summed E-state index contributed by atoms with van der Waals surface area (Å²) in [6, 6.07) is 18.2. The van der Waals surface area contributed by atoms with Crippen molar-refractivity contribution in [2.75, 3.05) is 12.8 Å². The number of rotatable bonds is 2. The molecule has 0 radical (unpaired) electrons. The largest absolute Gasteiger partial charge is 0.465 e. The molecule has 0 unspecified atom stereocenters. The molecule has 0 saturated heterocycles. The average Bonchev–Trinajstić information content (AvgIpc) is 2.70. The van der Waals surface area contributed by atoms with E-state index in [1.54, 1.807) is 36.4 Å². The van der Waals surface area contributed by atoms with E-state index in [9.17, 15) is 4.79 Å². The highest BCUT2D eigenvalue weighted by molar-refractivity contribution is 6.14. The fourth-order valence-corrected chi connectivity index (χ4v) is 3.33. The van der Waals surface area contributed by atoms with Gasteiger partial charge >= 0.3 is 5.97 Å². The zero-order chi connectivity index (χ0) is 19.0. The molecule has 1 heterocycles. The highest BCUT2D eigenvalue weighted by atomic mass is 35.5. The summed E-state index contributed by atoms with van der Waals surface area (Å²) in [6.07, 6.45) is 0. The molecule has 1 aliphatic heterocycles. The third kappa shape index (κ3) is 2.92. The van der Waals surface area contributed by atoms with Gasteiger partial charge in [0, 0.05) is 46.1 Å². The number of esters is 1. The standard InChI is InChI=1S/C21H15ClN2O3/c1-26-21(25)15-5-3-2-4-14(15)20-16-8-6-12(23)10-18(16)27-19-11-13(24-22)7-9-17(19)20/h2-11H,23H2,1H3. The van der Waals surface area contributed by atoms with E-state index in [0.717, 1.165) is 22.1 Å². The normalized spacial score (nSPS) is 11.9. The van der Waals surface area contributed by atoms with E-state index in [1.807, 2.05) is 24.3 Å². The van der Waals surface area contributed by atoms with Crippen molar-refractivity contribution in [3.05, 3.63) is 71.6 Å². The van der Waals surface area contributed by atoms with Gasteiger partial charge in [0.1, 0.15) is 11.3 Å². The molecule has 0 fully saturated rings. The number of nitrogen functional groups attached to an aromatic ring is 1. The van der Waals surface area contributed by atoms with Crippen molar-refractivity contribution < 1.29 is 13.9 Å². The summed E-state index contributed by atoms with van der Waals surface area (Å²) in [5.74, 6) is 0.181. The second kappa shape index (κ2) is 6.78. The maximum Gasteiger partial charge on any atom is 0.338 e. The zero-order valence-electron chi connectivity index (χ0n) is 14.4. The van der Waals surface area contributed by atoms with Gasteiger partial charge < -0.3 is 14.9 Å². The first-order valence-corrected chi connectivity index (χ1v) is 8.55. The smallest absolute Gasteiger partial charge is 0.338 e. The van der Waals surface area contributed by atoms with Crippen LogP contribution < -0.4 is 11.1 Å². The number of halogens is 1. The van der Waals surface area contributed by atoms with Gasteiger partial charge in [-0.2, -0.15) is 4.51 Å². The first kappa shape index (κ1) is 17.1. The lowest BCUT2D eigenvalue weighted by atomic mass is 9.91. The second-order valence-corrected chi connectivity index (χ2v) is 6.20. The molecule has 2 aromatic carbocycles. The number of ether oxygens (including phenoxy) is 1. The van der Waals surface area contributed by atoms with Gasteiger partial charge in [-0.05, 0) is 35.9 Å². The van der Waals surface area contributed by atoms with E-state index in [1.165, 1.54) is 7.11 Å². The Morgan fingerprint density at radius 2 is 1.89 bits per heavy atom. The topological polar surface area (TPSA) is 77.8 Å². The summed E-state index contributed by atoms with van der Waals surface area (Å²) >= 11 is 5.62. The fourth-order valence-electron chi connectivity index (χ4n) is 3.23. The molecule has 0 saturated carbocycles. The lowest BCUT2D eigenvalue weighted by molar-refractivity contribution is 0.0601. The lowest BCUT2D eigenvalue weighted by Gasteiger charge is -2.17. The predicted octanol–water partition coefficient (Wildman–Crippen LogP) is 4.63. The predicted molar refractivity (Wildman–Crippen MR) is 105 cm³/mol. The molecule has 134 valence electrons. The number of benzene rings is 3. The molecule has 0 spiro atoms. The summed E-state index contributed by atoms with van der Waals surface area (Å²) in [7, 11) is 1.37. The maximum absolute atomic E-state index is 12.3. The van der Waals surface area contributed by atoms with Crippen molar-refractivity contribution in [2.24, 2.45) is 4.51 Å². The molecular formula is C21H15ClN2O3. The molecule has 0 bridgehead atoms. The minimum Gasteiger partial charge on any atom is -0.465 e. The summed E-state index contributed by atoms with van der Waals surface area (Å²) < 4.78 is 14.7. The van der Waals surface area contributed by atoms with Gasteiger partial charge in [-0.15, -0.1) is 0 Å². The molecule has 27 heavy (non-hydrogen) atoms. The first-order chi connectivity index (χ1) is 13.1. The Morgan fingerprint density at radius 3 is 2.67 bits per heavy atom. The van der Waals surface area contributed by atoms with Gasteiger partial charge in [0.25, 0.3) is 0 Å². The van der Waals surface area contributed by atoms with Crippen LogP contribution in [0.3, 0.4) is 0 Å². The third-order valence-corrected chi connectivity index (χ3v) is 4.62. The van der Waals surface area contributed by atoms with Crippen LogP contribution in [-0.2, 0) is 4.74 Å². The lowest BCUT2D eigenvalue weighted by Crippen LogP contribution is -2.05. The van der Waals surface area contributed by atoms with Crippen LogP contribution in [-0.4, -0.2) is 13.1 Å². The Bertz CT molecular complexity index is 1210. The number of carbonyl (C=O) groups is 1. The van der Waals surface area contributed by atoms with E-state index in [0.29, 0.717) is 28.0 Å². The number of nitrogens with two attached hydrogens (primary N) is 1. The zero-order valence-corrected chi connectivity index (χ0v) is 15.2. The van der Waals surface area contributed by atoms with E-state index in [-0.39, 0.29) is 0 Å². The van der Waals surface area contributed by atoms with Crippen LogP contribution in [0.5, 0.6) is 0 Å². The number of anilines is 1. The number of hydrogen-bond acceptors (Lipinski definition) is 5. The first-order valence-electron chi connectivity index (χ1n) is 8.21. The second-order valence-electron chi connectivity index (χ2n) is 6.03. The van der Waals surface area contributed by atoms with Crippen molar-refractivity contribution >= 4 is 34.4 Å². The van der Waals surface area contributed by atoms with Crippen molar-refractivity contribution in [3.63, 3.8) is 0 Å². The van der Waals surface area contributed by atoms with Crippen LogP contribution in [0.2, 0.25) is 0 Å². The quantitative estimate of drug-likeness (QED) is 0.313. The molecule has 0 amide bonds. The van der Waals surface area contributed by atoms with Gasteiger partial charge in [-0.25, -0.2) is 4.79 Å². The maximum atomic E-state index is 12.3. The fraction of sp³-hybridized carbons (Fsp3) is 0.0476. The Morgan fingerprint density at radius 1 is 1.07 bits per heavy atom. The van der Waals surface area contributed by atoms with Gasteiger partial charge in [0.05, 0.1) is 18.0 Å². The van der Waals surface area contributed by atoms with E-state index >= 15 is 0 Å². The van der Waals surface area contributed by atoms with Crippen LogP contribution in [0.1, 0.15) is 10.4 Å². The van der Waals surface area contributed by atoms with Crippen LogP contribution in [0, 0.1) is 0 Å². The van der Waals surface area contributed by atoms with Crippen molar-refractivity contribution in [1.82, 2.24) is 0 Å². The van der Waals surface area contributed by atoms with E-state index in [2.05, 4.69) is 4.51 Å². The van der Waals surface area contributed by atoms with Crippen LogP contribution in [0.25, 0.3) is 33.4 Å². The van der Waals surface area contributed by atoms with Gasteiger partial charge in [0.15, 0.2) is 0 Å². The molecule has 1 aliphatic carbocycles. The van der Waals surface area contributed by atoms with E-state index in [4.69, 9.17) is 26.7 Å².